The van der Waals surface area contributed by atoms with Crippen LogP contribution in [0.1, 0.15) is 24.4 Å². The van der Waals surface area contributed by atoms with E-state index in [9.17, 15) is 0 Å². The summed E-state index contributed by atoms with van der Waals surface area (Å²) in [6, 6.07) is 8.41. The van der Waals surface area contributed by atoms with Crippen LogP contribution < -0.4 is 11.1 Å². The van der Waals surface area contributed by atoms with E-state index in [2.05, 4.69) is 11.4 Å². The van der Waals surface area contributed by atoms with E-state index >= 15 is 0 Å². The molecule has 2 rings (SSSR count). The van der Waals surface area contributed by atoms with E-state index in [1.165, 1.54) is 5.56 Å². The quantitative estimate of drug-likeness (QED) is 0.832. The maximum atomic E-state index is 6.06. The molecule has 2 nitrogen and oxygen atoms in total. The van der Waals surface area contributed by atoms with Gasteiger partial charge in [0.2, 0.25) is 0 Å². The summed E-state index contributed by atoms with van der Waals surface area (Å²) in [4.78, 5) is 0. The van der Waals surface area contributed by atoms with Crippen molar-refractivity contribution in [1.82, 2.24) is 5.32 Å². The lowest BCUT2D eigenvalue weighted by atomic mass is 9.93. The van der Waals surface area contributed by atoms with Gasteiger partial charge < -0.3 is 11.1 Å². The summed E-state index contributed by atoms with van der Waals surface area (Å²) >= 11 is 5.94. The SMILES string of the molecule is Cl.Cl.N[C@@H]1CCCN[C@@H]1c1cccc(Cl)c1. The zero-order valence-electron chi connectivity index (χ0n) is 8.86. The number of halogens is 3. The van der Waals surface area contributed by atoms with Gasteiger partial charge in [-0.3, -0.25) is 0 Å². The van der Waals surface area contributed by atoms with Crippen LogP contribution in [0.2, 0.25) is 5.02 Å². The zero-order valence-corrected chi connectivity index (χ0v) is 11.2. The molecule has 5 heteroatoms. The predicted molar refractivity (Wildman–Crippen MR) is 73.9 cm³/mol. The van der Waals surface area contributed by atoms with Crippen molar-refractivity contribution in [2.75, 3.05) is 6.54 Å². The Hall–Kier alpha value is 0.01000. The van der Waals surface area contributed by atoms with Gasteiger partial charge in [-0.2, -0.15) is 0 Å². The molecular weight excluding hydrogens is 266 g/mol. The second-order valence-electron chi connectivity index (χ2n) is 3.79. The summed E-state index contributed by atoms with van der Waals surface area (Å²) in [6.07, 6.45) is 2.25. The van der Waals surface area contributed by atoms with Crippen LogP contribution in [-0.4, -0.2) is 12.6 Å². The lowest BCUT2D eigenvalue weighted by Crippen LogP contribution is -2.42. The molecule has 1 aromatic carbocycles. The average molecular weight is 284 g/mol. The topological polar surface area (TPSA) is 38.0 Å². The highest BCUT2D eigenvalue weighted by atomic mass is 35.5. The number of nitrogens with one attached hydrogen (secondary N) is 1. The summed E-state index contributed by atoms with van der Waals surface area (Å²) in [7, 11) is 0. The summed E-state index contributed by atoms with van der Waals surface area (Å²) in [5.74, 6) is 0. The maximum Gasteiger partial charge on any atom is 0.0474 e. The number of benzene rings is 1. The molecule has 0 radical (unpaired) electrons. The normalized spacial score (nSPS) is 24.1. The molecule has 2 atom stereocenters. The molecule has 1 heterocycles. The molecule has 1 aliphatic rings. The summed E-state index contributed by atoms with van der Waals surface area (Å²) in [6.45, 7) is 1.05. The van der Waals surface area contributed by atoms with E-state index < -0.39 is 0 Å². The molecule has 0 aliphatic carbocycles. The number of rotatable bonds is 1. The number of piperidine rings is 1. The van der Waals surface area contributed by atoms with Crippen LogP contribution in [0.5, 0.6) is 0 Å². The molecule has 0 bridgehead atoms. The first-order valence-corrected chi connectivity index (χ1v) is 5.39. The van der Waals surface area contributed by atoms with Crippen molar-refractivity contribution < 1.29 is 0 Å². The van der Waals surface area contributed by atoms with Gasteiger partial charge in [0.05, 0.1) is 0 Å². The second-order valence-corrected chi connectivity index (χ2v) is 4.23. The predicted octanol–water partition coefficient (Wildman–Crippen LogP) is 2.94. The Morgan fingerprint density at radius 3 is 2.69 bits per heavy atom. The van der Waals surface area contributed by atoms with Crippen LogP contribution in [-0.2, 0) is 0 Å². The van der Waals surface area contributed by atoms with Gasteiger partial charge in [-0.05, 0) is 37.1 Å². The maximum absolute atomic E-state index is 6.06. The van der Waals surface area contributed by atoms with E-state index in [-0.39, 0.29) is 36.9 Å². The van der Waals surface area contributed by atoms with Crippen LogP contribution in [0.3, 0.4) is 0 Å². The molecule has 1 saturated heterocycles. The third-order valence-electron chi connectivity index (χ3n) is 2.71. The molecule has 16 heavy (non-hydrogen) atoms. The second kappa shape index (κ2) is 7.36. The van der Waals surface area contributed by atoms with Gasteiger partial charge in [0.1, 0.15) is 0 Å². The summed E-state index contributed by atoms with van der Waals surface area (Å²) in [5.41, 5.74) is 7.25. The molecule has 0 aromatic heterocycles. The van der Waals surface area contributed by atoms with Crippen LogP contribution >= 0.6 is 36.4 Å². The van der Waals surface area contributed by atoms with Crippen molar-refractivity contribution in [3.05, 3.63) is 34.9 Å². The first-order valence-electron chi connectivity index (χ1n) is 5.02. The molecule has 0 unspecified atom stereocenters. The minimum absolute atomic E-state index is 0. The largest absolute Gasteiger partial charge is 0.326 e. The van der Waals surface area contributed by atoms with Gasteiger partial charge >= 0.3 is 0 Å². The Kier molecular flexibility index (Phi) is 7.36. The van der Waals surface area contributed by atoms with Crippen molar-refractivity contribution >= 4 is 36.4 Å². The molecule has 1 fully saturated rings. The van der Waals surface area contributed by atoms with E-state index in [1.54, 1.807) is 0 Å². The number of hydrogen-bond donors (Lipinski definition) is 2. The fourth-order valence-corrected chi connectivity index (χ4v) is 2.18. The fraction of sp³-hybridized carbons (Fsp3) is 0.455. The smallest absolute Gasteiger partial charge is 0.0474 e. The van der Waals surface area contributed by atoms with Gasteiger partial charge in [0.15, 0.2) is 0 Å². The third-order valence-corrected chi connectivity index (χ3v) is 2.95. The fourth-order valence-electron chi connectivity index (χ4n) is 1.98. The number of nitrogens with two attached hydrogens (primary N) is 1. The van der Waals surface area contributed by atoms with Crippen molar-refractivity contribution in [1.29, 1.82) is 0 Å². The van der Waals surface area contributed by atoms with E-state index in [1.807, 2.05) is 18.2 Å². The van der Waals surface area contributed by atoms with Crippen LogP contribution in [0.15, 0.2) is 24.3 Å². The van der Waals surface area contributed by atoms with Gasteiger partial charge in [-0.25, -0.2) is 0 Å². The molecular formula is C11H17Cl3N2. The lowest BCUT2D eigenvalue weighted by Gasteiger charge is -2.30. The van der Waals surface area contributed by atoms with Gasteiger partial charge in [-0.1, -0.05) is 23.7 Å². The van der Waals surface area contributed by atoms with Gasteiger partial charge in [0, 0.05) is 17.1 Å². The molecule has 3 N–H and O–H groups in total. The first kappa shape index (κ1) is 16.0. The molecule has 1 aromatic rings. The zero-order chi connectivity index (χ0) is 9.97. The minimum atomic E-state index is 0. The Balaban J connectivity index is 0.00000112. The van der Waals surface area contributed by atoms with Crippen LogP contribution in [0, 0.1) is 0 Å². The average Bonchev–Trinajstić information content (AvgIpc) is 2.18. The molecule has 1 aliphatic heterocycles. The monoisotopic (exact) mass is 282 g/mol. The highest BCUT2D eigenvalue weighted by Gasteiger charge is 2.22. The number of hydrogen-bond acceptors (Lipinski definition) is 2. The Labute approximate surface area is 114 Å². The highest BCUT2D eigenvalue weighted by molar-refractivity contribution is 6.30. The Morgan fingerprint density at radius 1 is 1.31 bits per heavy atom. The standard InChI is InChI=1S/C11H15ClN2.2ClH/c12-9-4-1-3-8(7-9)11-10(13)5-2-6-14-11;;/h1,3-4,7,10-11,14H,2,5-6,13H2;2*1H/t10-,11-;;/m1../s1. The minimum Gasteiger partial charge on any atom is -0.326 e. The highest BCUT2D eigenvalue weighted by Crippen LogP contribution is 2.24. The van der Waals surface area contributed by atoms with Crippen molar-refractivity contribution in [2.24, 2.45) is 5.73 Å². The summed E-state index contributed by atoms with van der Waals surface area (Å²) < 4.78 is 0. The van der Waals surface area contributed by atoms with Crippen LogP contribution in [0.4, 0.5) is 0 Å². The molecule has 0 spiro atoms. The third kappa shape index (κ3) is 3.79. The Bertz CT molecular complexity index is 320. The Morgan fingerprint density at radius 2 is 2.06 bits per heavy atom. The van der Waals surface area contributed by atoms with Gasteiger partial charge in [-0.15, -0.1) is 24.8 Å². The van der Waals surface area contributed by atoms with Crippen molar-refractivity contribution in [3.8, 4) is 0 Å². The van der Waals surface area contributed by atoms with Crippen molar-refractivity contribution in [2.45, 2.75) is 24.9 Å². The van der Waals surface area contributed by atoms with E-state index in [0.29, 0.717) is 0 Å². The molecule has 0 saturated carbocycles. The van der Waals surface area contributed by atoms with Crippen LogP contribution in [0.25, 0.3) is 0 Å². The van der Waals surface area contributed by atoms with Crippen molar-refractivity contribution in [3.63, 3.8) is 0 Å². The molecule has 0 amide bonds. The first-order chi connectivity index (χ1) is 6.77. The van der Waals surface area contributed by atoms with E-state index in [0.717, 1.165) is 24.4 Å². The lowest BCUT2D eigenvalue weighted by molar-refractivity contribution is 0.358. The molecule has 92 valence electrons. The summed E-state index contributed by atoms with van der Waals surface area (Å²) in [5, 5.41) is 4.21. The van der Waals surface area contributed by atoms with Gasteiger partial charge in [0.25, 0.3) is 0 Å². The van der Waals surface area contributed by atoms with E-state index in [4.69, 9.17) is 17.3 Å².